The van der Waals surface area contributed by atoms with Gasteiger partial charge in [0.25, 0.3) is 0 Å². The molecule has 0 aromatic heterocycles. The summed E-state index contributed by atoms with van der Waals surface area (Å²) in [5.41, 5.74) is -2.59. The van der Waals surface area contributed by atoms with E-state index >= 15 is 0 Å². The third-order valence-electron chi connectivity index (χ3n) is 5.57. The minimum absolute atomic E-state index is 0.0167. The van der Waals surface area contributed by atoms with Gasteiger partial charge in [0.15, 0.2) is 0 Å². The number of halogens is 7. The van der Waals surface area contributed by atoms with Crippen LogP contribution in [0.5, 0.6) is 0 Å². The van der Waals surface area contributed by atoms with Gasteiger partial charge in [-0.1, -0.05) is 40.9 Å². The average molecular weight is 542 g/mol. The van der Waals surface area contributed by atoms with E-state index < -0.39 is 35.6 Å². The van der Waals surface area contributed by atoms with Gasteiger partial charge in [-0.25, -0.2) is 9.18 Å². The number of carbonyl (C=O) groups is 1. The molecule has 11 heteroatoms. The van der Waals surface area contributed by atoms with Crippen molar-refractivity contribution >= 4 is 46.6 Å². The minimum Gasteiger partial charge on any atom is -0.444 e. The lowest BCUT2D eigenvalue weighted by Gasteiger charge is -2.33. The molecule has 186 valence electrons. The fourth-order valence-corrected chi connectivity index (χ4v) is 4.45. The Hall–Kier alpha value is -1.90. The highest BCUT2D eigenvalue weighted by Crippen LogP contribution is 2.50. The van der Waals surface area contributed by atoms with Crippen LogP contribution in [0, 0.1) is 5.82 Å². The first kappa shape index (κ1) is 26.7. The number of amides is 1. The normalized spacial score (nSPS) is 18.8. The second-order valence-corrected chi connectivity index (χ2v) is 10.3. The highest BCUT2D eigenvalue weighted by atomic mass is 35.5. The molecule has 0 bridgehead atoms. The van der Waals surface area contributed by atoms with Gasteiger partial charge in [-0.05, 0) is 57.0 Å². The third-order valence-corrected chi connectivity index (χ3v) is 6.77. The summed E-state index contributed by atoms with van der Waals surface area (Å²) in [6, 6.07) is 6.45. The van der Waals surface area contributed by atoms with Crippen LogP contribution >= 0.6 is 34.8 Å². The molecule has 1 N–H and O–H groups in total. The van der Waals surface area contributed by atoms with Gasteiger partial charge in [-0.15, -0.1) is 0 Å². The van der Waals surface area contributed by atoms with Crippen molar-refractivity contribution in [2.24, 2.45) is 0 Å². The van der Waals surface area contributed by atoms with Gasteiger partial charge in [-0.3, -0.25) is 0 Å². The predicted octanol–water partition coefficient (Wildman–Crippen LogP) is 7.52. The lowest BCUT2D eigenvalue weighted by molar-refractivity contribution is -0.184. The molecule has 1 aliphatic heterocycles. The van der Waals surface area contributed by atoms with Crippen LogP contribution in [-0.2, 0) is 16.7 Å². The largest absolute Gasteiger partial charge is 0.444 e. The second-order valence-electron chi connectivity index (χ2n) is 9.14. The summed E-state index contributed by atoms with van der Waals surface area (Å²) < 4.78 is 62.8. The van der Waals surface area contributed by atoms with E-state index in [9.17, 15) is 22.4 Å². The molecular weight excluding hydrogens is 519 g/mol. The molecule has 2 aromatic carbocycles. The summed E-state index contributed by atoms with van der Waals surface area (Å²) in [6.45, 7) is 4.56. The Balaban J connectivity index is 1.81. The Kier molecular flexibility index (Phi) is 7.56. The Labute approximate surface area is 210 Å². The molecule has 0 aliphatic carbocycles. The first-order chi connectivity index (χ1) is 15.6. The number of hydrogen-bond donors (Lipinski definition) is 1. The van der Waals surface area contributed by atoms with Crippen molar-refractivity contribution in [2.75, 3.05) is 18.0 Å². The van der Waals surface area contributed by atoms with Gasteiger partial charge in [0, 0.05) is 30.9 Å². The molecule has 4 nitrogen and oxygen atoms in total. The maximum Gasteiger partial charge on any atom is 0.407 e. The lowest BCUT2D eigenvalue weighted by atomic mass is 9.79. The van der Waals surface area contributed by atoms with E-state index in [0.717, 1.165) is 6.07 Å². The number of benzene rings is 2. The van der Waals surface area contributed by atoms with E-state index in [2.05, 4.69) is 5.32 Å². The van der Waals surface area contributed by atoms with E-state index in [-0.39, 0.29) is 51.4 Å². The van der Waals surface area contributed by atoms with Crippen molar-refractivity contribution < 1.29 is 27.1 Å². The van der Waals surface area contributed by atoms with E-state index in [0.29, 0.717) is 0 Å². The number of hydrogen-bond acceptors (Lipinski definition) is 3. The zero-order valence-electron chi connectivity index (χ0n) is 18.6. The van der Waals surface area contributed by atoms with Crippen LogP contribution in [0.4, 0.5) is 28.0 Å². The molecule has 1 fully saturated rings. The fourth-order valence-electron chi connectivity index (χ4n) is 3.85. The Morgan fingerprint density at radius 1 is 1.12 bits per heavy atom. The number of alkyl halides is 3. The number of nitrogens with one attached hydrogen (secondary N) is 1. The van der Waals surface area contributed by atoms with Crippen LogP contribution in [0.1, 0.15) is 38.3 Å². The molecule has 1 atom stereocenters. The van der Waals surface area contributed by atoms with Gasteiger partial charge >= 0.3 is 12.3 Å². The zero-order valence-corrected chi connectivity index (χ0v) is 20.9. The number of rotatable bonds is 4. The molecular formula is C23H23Cl3F4N2O2. The summed E-state index contributed by atoms with van der Waals surface area (Å²) in [5, 5.41) is 2.30. The smallest absolute Gasteiger partial charge is 0.407 e. The monoisotopic (exact) mass is 540 g/mol. The predicted molar refractivity (Wildman–Crippen MR) is 126 cm³/mol. The van der Waals surface area contributed by atoms with Crippen molar-refractivity contribution in [3.63, 3.8) is 0 Å². The van der Waals surface area contributed by atoms with Crippen LogP contribution in [0.15, 0.2) is 30.3 Å². The average Bonchev–Trinajstić information content (AvgIpc) is 3.16. The van der Waals surface area contributed by atoms with Gasteiger partial charge in [0.2, 0.25) is 0 Å². The molecule has 34 heavy (non-hydrogen) atoms. The van der Waals surface area contributed by atoms with Crippen molar-refractivity contribution in [1.29, 1.82) is 0 Å². The Morgan fingerprint density at radius 2 is 1.74 bits per heavy atom. The molecule has 3 rings (SSSR count). The number of carbonyl (C=O) groups excluding carboxylic acids is 1. The van der Waals surface area contributed by atoms with Crippen LogP contribution in [0.25, 0.3) is 0 Å². The number of ether oxygens (including phenoxy) is 1. The summed E-state index contributed by atoms with van der Waals surface area (Å²) >= 11 is 17.9. The number of nitrogens with zero attached hydrogens (tertiary/aromatic N) is 1. The molecule has 1 saturated heterocycles. The maximum absolute atomic E-state index is 14.7. The Morgan fingerprint density at radius 3 is 2.26 bits per heavy atom. The standard InChI is InChI=1S/C23H23Cl3F4N2O2/c1-21(2,3)34-20(33)31-11-13-4-5-15(10-18(13)27)32-7-6-22(12-32,23(28,29)30)14-8-16(24)19(26)17(25)9-14/h4-5,8-10H,6-7,11-12H2,1-3H3,(H,31,33)/t22-/m0/s1. The van der Waals surface area contributed by atoms with Crippen molar-refractivity contribution in [1.82, 2.24) is 5.32 Å². The minimum atomic E-state index is -4.61. The number of alkyl carbamates (subject to hydrolysis) is 1. The molecule has 0 spiro atoms. The lowest BCUT2D eigenvalue weighted by Crippen LogP contribution is -2.45. The fraction of sp³-hybridized carbons (Fsp3) is 0.435. The van der Waals surface area contributed by atoms with E-state index in [1.807, 2.05) is 0 Å². The van der Waals surface area contributed by atoms with Crippen LogP contribution in [0.3, 0.4) is 0 Å². The van der Waals surface area contributed by atoms with E-state index in [4.69, 9.17) is 39.5 Å². The van der Waals surface area contributed by atoms with Gasteiger partial charge in [-0.2, -0.15) is 13.2 Å². The van der Waals surface area contributed by atoms with Crippen molar-refractivity contribution in [3.8, 4) is 0 Å². The second kappa shape index (κ2) is 9.63. The molecule has 0 unspecified atom stereocenters. The van der Waals surface area contributed by atoms with Gasteiger partial charge in [0.05, 0.1) is 15.1 Å². The maximum atomic E-state index is 14.7. The summed E-state index contributed by atoms with van der Waals surface area (Å²) in [4.78, 5) is 13.2. The highest BCUT2D eigenvalue weighted by Gasteiger charge is 2.59. The first-order valence-corrected chi connectivity index (χ1v) is 11.5. The molecule has 1 aliphatic rings. The first-order valence-electron chi connectivity index (χ1n) is 10.3. The third kappa shape index (κ3) is 5.66. The van der Waals surface area contributed by atoms with E-state index in [1.54, 1.807) is 20.8 Å². The van der Waals surface area contributed by atoms with Crippen LogP contribution in [-0.4, -0.2) is 31.0 Å². The molecule has 1 heterocycles. The summed E-state index contributed by atoms with van der Waals surface area (Å²) in [7, 11) is 0. The van der Waals surface area contributed by atoms with E-state index in [1.165, 1.54) is 29.2 Å². The van der Waals surface area contributed by atoms with Gasteiger partial charge < -0.3 is 15.0 Å². The van der Waals surface area contributed by atoms with Crippen molar-refractivity contribution in [3.05, 3.63) is 62.3 Å². The number of anilines is 1. The summed E-state index contributed by atoms with van der Waals surface area (Å²) in [6.07, 6.45) is -5.59. The van der Waals surface area contributed by atoms with Crippen LogP contribution in [0.2, 0.25) is 15.1 Å². The molecule has 1 amide bonds. The zero-order chi connectivity index (χ0) is 25.5. The van der Waals surface area contributed by atoms with Crippen LogP contribution < -0.4 is 10.2 Å². The highest BCUT2D eigenvalue weighted by molar-refractivity contribution is 6.48. The molecule has 0 radical (unpaired) electrons. The van der Waals surface area contributed by atoms with Gasteiger partial charge in [0.1, 0.15) is 16.8 Å². The Bertz CT molecular complexity index is 1070. The molecule has 2 aromatic rings. The molecule has 0 saturated carbocycles. The quantitative estimate of drug-likeness (QED) is 0.321. The topological polar surface area (TPSA) is 41.6 Å². The van der Waals surface area contributed by atoms with Crippen molar-refractivity contribution in [2.45, 2.75) is 50.9 Å². The summed E-state index contributed by atoms with van der Waals surface area (Å²) in [5.74, 6) is -0.657. The SMILES string of the molecule is CC(C)(C)OC(=O)NCc1ccc(N2CC[C@](c3cc(Cl)c(Cl)c(Cl)c3)(C(F)(F)F)C2)cc1F.